The van der Waals surface area contributed by atoms with Crippen LogP contribution in [-0.2, 0) is 0 Å². The molecule has 2 rings (SSSR count). The third-order valence-electron chi connectivity index (χ3n) is 2.64. The van der Waals surface area contributed by atoms with E-state index in [9.17, 15) is 0 Å². The lowest BCUT2D eigenvalue weighted by molar-refractivity contribution is 0.436. The van der Waals surface area contributed by atoms with Crippen LogP contribution in [0.5, 0.6) is 0 Å². The highest BCUT2D eigenvalue weighted by Crippen LogP contribution is 2.19. The quantitative estimate of drug-likeness (QED) is 0.659. The Hall–Kier alpha value is 0.0500. The molecule has 1 aliphatic heterocycles. The third-order valence-corrected chi connectivity index (χ3v) is 3.85. The van der Waals surface area contributed by atoms with Crippen LogP contribution in [-0.4, -0.2) is 23.6 Å². The first-order valence-corrected chi connectivity index (χ1v) is 6.09. The molecule has 1 atom stereocenters. The van der Waals surface area contributed by atoms with Gasteiger partial charge in [0.25, 0.3) is 0 Å². The van der Waals surface area contributed by atoms with E-state index in [0.29, 0.717) is 0 Å². The maximum absolute atomic E-state index is 3.73. The van der Waals surface area contributed by atoms with E-state index in [1.54, 1.807) is 0 Å². The third kappa shape index (κ3) is 2.27. The van der Waals surface area contributed by atoms with Crippen molar-refractivity contribution in [2.75, 3.05) is 11.5 Å². The number of thioether (sulfide) groups is 1. The average molecular weight is 183 g/mol. The summed E-state index contributed by atoms with van der Waals surface area (Å²) in [6.07, 6.45) is 9.90. The standard InChI is InChI=1S/C10H17NS/c1-2-5-9(4-1)11-10-6-3-7-12-8-10/h1-2,9-11H,3-8H2. The molecule has 0 saturated carbocycles. The van der Waals surface area contributed by atoms with Gasteiger partial charge in [-0.05, 0) is 31.4 Å². The molecule has 0 aromatic rings. The van der Waals surface area contributed by atoms with E-state index in [2.05, 4.69) is 29.2 Å². The average Bonchev–Trinajstić information content (AvgIpc) is 2.59. The summed E-state index contributed by atoms with van der Waals surface area (Å²) in [7, 11) is 0. The highest BCUT2D eigenvalue weighted by atomic mass is 32.2. The molecule has 0 spiro atoms. The lowest BCUT2D eigenvalue weighted by atomic mass is 10.1. The molecule has 1 fully saturated rings. The Morgan fingerprint density at radius 3 is 2.67 bits per heavy atom. The molecule has 1 aliphatic carbocycles. The summed E-state index contributed by atoms with van der Waals surface area (Å²) < 4.78 is 0. The second-order valence-corrected chi connectivity index (χ2v) is 4.87. The van der Waals surface area contributed by atoms with E-state index in [0.717, 1.165) is 12.1 Å². The molecule has 0 radical (unpaired) electrons. The Morgan fingerprint density at radius 1 is 1.17 bits per heavy atom. The van der Waals surface area contributed by atoms with Gasteiger partial charge in [0.2, 0.25) is 0 Å². The molecule has 0 bridgehead atoms. The maximum atomic E-state index is 3.73. The monoisotopic (exact) mass is 183 g/mol. The van der Waals surface area contributed by atoms with Gasteiger partial charge in [0.15, 0.2) is 0 Å². The number of hydrogen-bond acceptors (Lipinski definition) is 2. The van der Waals surface area contributed by atoms with E-state index < -0.39 is 0 Å². The zero-order valence-electron chi connectivity index (χ0n) is 7.46. The molecular formula is C10H17NS. The van der Waals surface area contributed by atoms with Gasteiger partial charge in [-0.3, -0.25) is 0 Å². The van der Waals surface area contributed by atoms with Gasteiger partial charge >= 0.3 is 0 Å². The number of nitrogens with one attached hydrogen (secondary N) is 1. The summed E-state index contributed by atoms with van der Waals surface area (Å²) >= 11 is 2.10. The van der Waals surface area contributed by atoms with Crippen LogP contribution in [0.4, 0.5) is 0 Å². The first-order valence-electron chi connectivity index (χ1n) is 4.94. The lowest BCUT2D eigenvalue weighted by Crippen LogP contribution is -2.40. The molecule has 0 amide bonds. The van der Waals surface area contributed by atoms with Gasteiger partial charge in [0, 0.05) is 17.8 Å². The largest absolute Gasteiger partial charge is 0.310 e. The molecule has 1 unspecified atom stereocenters. The van der Waals surface area contributed by atoms with E-state index in [-0.39, 0.29) is 0 Å². The molecule has 2 heteroatoms. The molecule has 0 aromatic carbocycles. The minimum atomic E-state index is 0.758. The van der Waals surface area contributed by atoms with Crippen LogP contribution in [0.3, 0.4) is 0 Å². The predicted octanol–water partition coefficient (Wildman–Crippen LogP) is 2.19. The summed E-state index contributed by atoms with van der Waals surface area (Å²) in [5.74, 6) is 2.71. The molecular weight excluding hydrogens is 166 g/mol. The topological polar surface area (TPSA) is 12.0 Å². The van der Waals surface area contributed by atoms with Gasteiger partial charge in [-0.15, -0.1) is 0 Å². The van der Waals surface area contributed by atoms with Crippen molar-refractivity contribution < 1.29 is 0 Å². The number of hydrogen-bond donors (Lipinski definition) is 1. The predicted molar refractivity (Wildman–Crippen MR) is 55.6 cm³/mol. The minimum Gasteiger partial charge on any atom is -0.310 e. The van der Waals surface area contributed by atoms with Gasteiger partial charge in [0.1, 0.15) is 0 Å². The van der Waals surface area contributed by atoms with Crippen molar-refractivity contribution in [3.05, 3.63) is 12.2 Å². The van der Waals surface area contributed by atoms with E-state index in [4.69, 9.17) is 0 Å². The summed E-state index contributed by atoms with van der Waals surface area (Å²) in [5.41, 5.74) is 0. The van der Waals surface area contributed by atoms with E-state index in [1.165, 1.54) is 37.2 Å². The SMILES string of the molecule is C1=CCC(NC2CCCSC2)C1. The van der Waals surface area contributed by atoms with Gasteiger partial charge in [-0.1, -0.05) is 12.2 Å². The van der Waals surface area contributed by atoms with Crippen molar-refractivity contribution in [1.29, 1.82) is 0 Å². The Kier molecular flexibility index (Phi) is 3.12. The number of rotatable bonds is 2. The van der Waals surface area contributed by atoms with Crippen molar-refractivity contribution in [2.45, 2.75) is 37.8 Å². The molecule has 2 aliphatic rings. The van der Waals surface area contributed by atoms with E-state index >= 15 is 0 Å². The second-order valence-electron chi connectivity index (χ2n) is 3.72. The normalized spacial score (nSPS) is 31.2. The first kappa shape index (κ1) is 8.64. The molecule has 0 aromatic heterocycles. The Bertz CT molecular complexity index is 153. The maximum Gasteiger partial charge on any atom is 0.0161 e. The van der Waals surface area contributed by atoms with Crippen molar-refractivity contribution >= 4 is 11.8 Å². The van der Waals surface area contributed by atoms with E-state index in [1.807, 2.05) is 0 Å². The van der Waals surface area contributed by atoms with Crippen molar-refractivity contribution in [3.8, 4) is 0 Å². The molecule has 1 heterocycles. The second kappa shape index (κ2) is 4.33. The Labute approximate surface area is 79.0 Å². The highest BCUT2D eigenvalue weighted by Gasteiger charge is 2.18. The van der Waals surface area contributed by atoms with Crippen LogP contribution in [0.15, 0.2) is 12.2 Å². The van der Waals surface area contributed by atoms with Gasteiger partial charge in [-0.2, -0.15) is 11.8 Å². The fourth-order valence-corrected chi connectivity index (χ4v) is 3.04. The molecule has 68 valence electrons. The molecule has 1 N–H and O–H groups in total. The Balaban J connectivity index is 1.70. The van der Waals surface area contributed by atoms with Crippen LogP contribution < -0.4 is 5.32 Å². The summed E-state index contributed by atoms with van der Waals surface area (Å²) in [5, 5.41) is 3.73. The zero-order chi connectivity index (χ0) is 8.23. The van der Waals surface area contributed by atoms with Crippen LogP contribution >= 0.6 is 11.8 Å². The van der Waals surface area contributed by atoms with Gasteiger partial charge in [0.05, 0.1) is 0 Å². The van der Waals surface area contributed by atoms with Crippen LogP contribution in [0.25, 0.3) is 0 Å². The van der Waals surface area contributed by atoms with Crippen molar-refractivity contribution in [2.24, 2.45) is 0 Å². The van der Waals surface area contributed by atoms with Crippen molar-refractivity contribution in [3.63, 3.8) is 0 Å². The minimum absolute atomic E-state index is 0.758. The fraction of sp³-hybridized carbons (Fsp3) is 0.800. The summed E-state index contributed by atoms with van der Waals surface area (Å²) in [4.78, 5) is 0. The Morgan fingerprint density at radius 2 is 2.00 bits per heavy atom. The molecule has 1 nitrogen and oxygen atoms in total. The summed E-state index contributed by atoms with van der Waals surface area (Å²) in [6.45, 7) is 0. The molecule has 12 heavy (non-hydrogen) atoms. The van der Waals surface area contributed by atoms with Crippen LogP contribution in [0.2, 0.25) is 0 Å². The zero-order valence-corrected chi connectivity index (χ0v) is 8.28. The lowest BCUT2D eigenvalue weighted by Gasteiger charge is -2.25. The smallest absolute Gasteiger partial charge is 0.0161 e. The van der Waals surface area contributed by atoms with Gasteiger partial charge in [-0.25, -0.2) is 0 Å². The first-order chi connectivity index (χ1) is 5.95. The molecule has 1 saturated heterocycles. The van der Waals surface area contributed by atoms with Crippen molar-refractivity contribution in [1.82, 2.24) is 5.32 Å². The van der Waals surface area contributed by atoms with Crippen LogP contribution in [0, 0.1) is 0 Å². The van der Waals surface area contributed by atoms with Crippen LogP contribution in [0.1, 0.15) is 25.7 Å². The summed E-state index contributed by atoms with van der Waals surface area (Å²) in [6, 6.07) is 1.56. The van der Waals surface area contributed by atoms with Gasteiger partial charge < -0.3 is 5.32 Å². The fourth-order valence-electron chi connectivity index (χ4n) is 1.96. The highest BCUT2D eigenvalue weighted by molar-refractivity contribution is 7.99.